The van der Waals surface area contributed by atoms with Crippen LogP contribution >= 0.6 is 0 Å². The third-order valence-corrected chi connectivity index (χ3v) is 4.52. The van der Waals surface area contributed by atoms with Crippen LogP contribution in [-0.2, 0) is 0 Å². The zero-order valence-electron chi connectivity index (χ0n) is 11.8. The molecular formula is C15H22N4O. The number of pyridine rings is 1. The number of aromatic nitrogens is 1. The average Bonchev–Trinajstić information content (AvgIpc) is 2.47. The van der Waals surface area contributed by atoms with Gasteiger partial charge in [-0.05, 0) is 38.3 Å². The van der Waals surface area contributed by atoms with Gasteiger partial charge in [0.15, 0.2) is 0 Å². The van der Waals surface area contributed by atoms with Gasteiger partial charge in [0.05, 0.1) is 11.3 Å². The maximum absolute atomic E-state index is 12.6. The molecule has 108 valence electrons. The van der Waals surface area contributed by atoms with Crippen molar-refractivity contribution in [3.05, 3.63) is 24.0 Å². The summed E-state index contributed by atoms with van der Waals surface area (Å²) in [6, 6.07) is 1.72. The largest absolute Gasteiger partial charge is 0.397 e. The van der Waals surface area contributed by atoms with Crippen LogP contribution in [0, 0.1) is 5.41 Å². The van der Waals surface area contributed by atoms with Gasteiger partial charge in [-0.25, -0.2) is 0 Å². The quantitative estimate of drug-likeness (QED) is 0.809. The first-order chi connectivity index (χ1) is 9.69. The zero-order valence-corrected chi connectivity index (χ0v) is 11.8. The Morgan fingerprint density at radius 1 is 1.35 bits per heavy atom. The van der Waals surface area contributed by atoms with Crippen LogP contribution in [0.4, 0.5) is 5.69 Å². The molecule has 1 spiro atoms. The lowest BCUT2D eigenvalue weighted by molar-refractivity contribution is 0.0433. The SMILES string of the molecule is Nc1cncc(C(=O)N2CCCC3(CCCNC3)C2)c1. The summed E-state index contributed by atoms with van der Waals surface area (Å²) in [4.78, 5) is 18.6. The van der Waals surface area contributed by atoms with Crippen molar-refractivity contribution in [2.75, 3.05) is 31.9 Å². The summed E-state index contributed by atoms with van der Waals surface area (Å²) in [6.07, 6.45) is 7.92. The summed E-state index contributed by atoms with van der Waals surface area (Å²) in [5, 5.41) is 3.48. The Balaban J connectivity index is 1.74. The van der Waals surface area contributed by atoms with Crippen molar-refractivity contribution < 1.29 is 4.79 Å². The van der Waals surface area contributed by atoms with Gasteiger partial charge in [-0.1, -0.05) is 0 Å². The normalized spacial score (nSPS) is 26.7. The number of nitrogen functional groups attached to an aromatic ring is 1. The Labute approximate surface area is 119 Å². The number of nitrogens with two attached hydrogens (primary N) is 1. The molecule has 1 amide bonds. The van der Waals surface area contributed by atoms with E-state index in [0.29, 0.717) is 11.3 Å². The van der Waals surface area contributed by atoms with Crippen LogP contribution in [0.15, 0.2) is 18.5 Å². The number of hydrogen-bond acceptors (Lipinski definition) is 4. The molecule has 3 rings (SSSR count). The first-order valence-corrected chi connectivity index (χ1v) is 7.39. The third kappa shape index (κ3) is 2.63. The van der Waals surface area contributed by atoms with Crippen molar-refractivity contribution >= 4 is 11.6 Å². The fraction of sp³-hybridized carbons (Fsp3) is 0.600. The molecule has 5 heteroatoms. The number of nitrogens with one attached hydrogen (secondary N) is 1. The summed E-state index contributed by atoms with van der Waals surface area (Å²) in [6.45, 7) is 3.84. The predicted octanol–water partition coefficient (Wildman–Crippen LogP) is 1.27. The molecule has 3 N–H and O–H groups in total. The zero-order chi connectivity index (χ0) is 14.0. The van der Waals surface area contributed by atoms with E-state index in [-0.39, 0.29) is 11.3 Å². The fourth-order valence-corrected chi connectivity index (χ4v) is 3.52. The first-order valence-electron chi connectivity index (χ1n) is 7.39. The first kappa shape index (κ1) is 13.4. The molecule has 20 heavy (non-hydrogen) atoms. The van der Waals surface area contributed by atoms with Crippen LogP contribution in [0.5, 0.6) is 0 Å². The number of piperidine rings is 2. The minimum Gasteiger partial charge on any atom is -0.397 e. The van der Waals surface area contributed by atoms with E-state index >= 15 is 0 Å². The molecule has 5 nitrogen and oxygen atoms in total. The molecular weight excluding hydrogens is 252 g/mol. The minimum absolute atomic E-state index is 0.0643. The van der Waals surface area contributed by atoms with Crippen LogP contribution in [0.3, 0.4) is 0 Å². The monoisotopic (exact) mass is 274 g/mol. The number of anilines is 1. The second kappa shape index (κ2) is 5.40. The van der Waals surface area contributed by atoms with Gasteiger partial charge in [0.1, 0.15) is 0 Å². The molecule has 1 unspecified atom stereocenters. The second-order valence-corrected chi connectivity index (χ2v) is 6.12. The van der Waals surface area contributed by atoms with Crippen molar-refractivity contribution in [2.24, 2.45) is 5.41 Å². The number of amides is 1. The summed E-state index contributed by atoms with van der Waals surface area (Å²) in [5.74, 6) is 0.0643. The molecule has 1 aromatic rings. The van der Waals surface area contributed by atoms with E-state index in [2.05, 4.69) is 10.3 Å². The van der Waals surface area contributed by atoms with Gasteiger partial charge < -0.3 is 16.0 Å². The number of likely N-dealkylation sites (tertiary alicyclic amines) is 1. The molecule has 3 heterocycles. The van der Waals surface area contributed by atoms with Crippen LogP contribution in [0.25, 0.3) is 0 Å². The fourth-order valence-electron chi connectivity index (χ4n) is 3.52. The smallest absolute Gasteiger partial charge is 0.255 e. The maximum Gasteiger partial charge on any atom is 0.255 e. The standard InChI is InChI=1S/C15H22N4O/c16-13-7-12(8-18-9-13)14(20)19-6-2-4-15(11-19)3-1-5-17-10-15/h7-9,17H,1-6,10-11,16H2. The van der Waals surface area contributed by atoms with Crippen LogP contribution in [0.2, 0.25) is 0 Å². The number of carbonyl (C=O) groups excluding carboxylic acids is 1. The average molecular weight is 274 g/mol. The van der Waals surface area contributed by atoms with E-state index in [1.54, 1.807) is 18.5 Å². The summed E-state index contributed by atoms with van der Waals surface area (Å²) in [5.41, 5.74) is 7.14. The van der Waals surface area contributed by atoms with Crippen molar-refractivity contribution in [2.45, 2.75) is 25.7 Å². The lowest BCUT2D eigenvalue weighted by Gasteiger charge is -2.45. The number of hydrogen-bond donors (Lipinski definition) is 2. The topological polar surface area (TPSA) is 71.2 Å². The highest BCUT2D eigenvalue weighted by Gasteiger charge is 2.38. The van der Waals surface area contributed by atoms with Crippen molar-refractivity contribution in [3.8, 4) is 0 Å². The van der Waals surface area contributed by atoms with Gasteiger partial charge in [0, 0.05) is 37.4 Å². The van der Waals surface area contributed by atoms with Crippen molar-refractivity contribution in [1.29, 1.82) is 0 Å². The van der Waals surface area contributed by atoms with E-state index in [1.807, 2.05) is 4.90 Å². The molecule has 0 aliphatic carbocycles. The highest BCUT2D eigenvalue weighted by atomic mass is 16.2. The van der Waals surface area contributed by atoms with E-state index in [4.69, 9.17) is 5.73 Å². The van der Waals surface area contributed by atoms with Crippen LogP contribution < -0.4 is 11.1 Å². The van der Waals surface area contributed by atoms with E-state index in [9.17, 15) is 4.79 Å². The number of nitrogens with zero attached hydrogens (tertiary/aromatic N) is 2. The summed E-state index contributed by atoms with van der Waals surface area (Å²) in [7, 11) is 0. The Hall–Kier alpha value is -1.62. The van der Waals surface area contributed by atoms with Gasteiger partial charge in [0.2, 0.25) is 0 Å². The lowest BCUT2D eigenvalue weighted by Crippen LogP contribution is -2.52. The molecule has 0 radical (unpaired) electrons. The van der Waals surface area contributed by atoms with Crippen molar-refractivity contribution in [3.63, 3.8) is 0 Å². The molecule has 1 atom stereocenters. The maximum atomic E-state index is 12.6. The molecule has 0 bridgehead atoms. The molecule has 2 aliphatic heterocycles. The number of rotatable bonds is 1. The van der Waals surface area contributed by atoms with Gasteiger partial charge in [0.25, 0.3) is 5.91 Å². The molecule has 0 saturated carbocycles. The molecule has 2 aliphatic rings. The second-order valence-electron chi connectivity index (χ2n) is 6.12. The summed E-state index contributed by atoms with van der Waals surface area (Å²) < 4.78 is 0. The minimum atomic E-state index is 0.0643. The van der Waals surface area contributed by atoms with Crippen LogP contribution in [0.1, 0.15) is 36.0 Å². The molecule has 1 aromatic heterocycles. The molecule has 2 fully saturated rings. The molecule has 2 saturated heterocycles. The Morgan fingerprint density at radius 3 is 2.95 bits per heavy atom. The Bertz CT molecular complexity index is 491. The van der Waals surface area contributed by atoms with Gasteiger partial charge in [-0.3, -0.25) is 9.78 Å². The van der Waals surface area contributed by atoms with E-state index < -0.39 is 0 Å². The predicted molar refractivity (Wildman–Crippen MR) is 78.3 cm³/mol. The van der Waals surface area contributed by atoms with Gasteiger partial charge in [-0.15, -0.1) is 0 Å². The van der Waals surface area contributed by atoms with Crippen LogP contribution in [-0.4, -0.2) is 42.0 Å². The lowest BCUT2D eigenvalue weighted by atomic mass is 9.74. The van der Waals surface area contributed by atoms with Gasteiger partial charge in [-0.2, -0.15) is 0 Å². The number of carbonyl (C=O) groups is 1. The summed E-state index contributed by atoms with van der Waals surface area (Å²) >= 11 is 0. The Kier molecular flexibility index (Phi) is 3.61. The van der Waals surface area contributed by atoms with Crippen molar-refractivity contribution in [1.82, 2.24) is 15.2 Å². The Morgan fingerprint density at radius 2 is 2.20 bits per heavy atom. The third-order valence-electron chi connectivity index (χ3n) is 4.52. The highest BCUT2D eigenvalue weighted by molar-refractivity contribution is 5.94. The van der Waals surface area contributed by atoms with Gasteiger partial charge >= 0.3 is 0 Å². The highest BCUT2D eigenvalue weighted by Crippen LogP contribution is 2.36. The van der Waals surface area contributed by atoms with E-state index in [0.717, 1.165) is 32.6 Å². The molecule has 0 aromatic carbocycles. The van der Waals surface area contributed by atoms with E-state index in [1.165, 1.54) is 19.3 Å².